The van der Waals surface area contributed by atoms with Crippen LogP contribution in [0.5, 0.6) is 5.75 Å². The van der Waals surface area contributed by atoms with Crippen LogP contribution in [0.3, 0.4) is 0 Å². The molecule has 0 bridgehead atoms. The highest BCUT2D eigenvalue weighted by molar-refractivity contribution is 5.95. The number of benzene rings is 1. The van der Waals surface area contributed by atoms with Crippen LogP contribution in [0.15, 0.2) is 24.3 Å². The first kappa shape index (κ1) is 30.3. The number of aliphatic carboxylic acids is 2. The van der Waals surface area contributed by atoms with Crippen LogP contribution in [0, 0.1) is 5.92 Å². The Labute approximate surface area is 208 Å². The van der Waals surface area contributed by atoms with Crippen molar-refractivity contribution in [1.29, 1.82) is 0 Å². The highest BCUT2D eigenvalue weighted by Gasteiger charge is 2.33. The van der Waals surface area contributed by atoms with Crippen LogP contribution in [0.1, 0.15) is 39.2 Å². The van der Waals surface area contributed by atoms with Crippen LogP contribution in [0.25, 0.3) is 0 Å². The Balaban J connectivity index is 2.93. The van der Waals surface area contributed by atoms with E-state index in [1.807, 2.05) is 0 Å². The maximum atomic E-state index is 12.9. The standard InChI is InChI=1S/C23H34N4O9/c1-11(2)8-16(21(33)26-17(23(35)36)10-18(30)31)25-22(34)19(12(3)28)27-20(32)15(24)9-13-4-6-14(29)7-5-13/h4-7,11-12,15-17,19,28-29H,8-10,24H2,1-3H3,(H,25,34)(H,26,33)(H,27,32)(H,30,31)(H,35,36). The summed E-state index contributed by atoms with van der Waals surface area (Å²) in [7, 11) is 0. The first-order valence-electron chi connectivity index (χ1n) is 11.3. The molecule has 0 saturated carbocycles. The predicted molar refractivity (Wildman–Crippen MR) is 127 cm³/mol. The number of nitrogens with one attached hydrogen (secondary N) is 3. The molecule has 1 aromatic rings. The summed E-state index contributed by atoms with van der Waals surface area (Å²) < 4.78 is 0. The summed E-state index contributed by atoms with van der Waals surface area (Å²) in [5, 5.41) is 44.3. The fourth-order valence-electron chi connectivity index (χ4n) is 3.26. The summed E-state index contributed by atoms with van der Waals surface area (Å²) in [6, 6.07) is 0.444. The third kappa shape index (κ3) is 10.3. The largest absolute Gasteiger partial charge is 0.508 e. The van der Waals surface area contributed by atoms with Crippen molar-refractivity contribution >= 4 is 29.7 Å². The van der Waals surface area contributed by atoms with Gasteiger partial charge in [0, 0.05) is 0 Å². The molecule has 0 radical (unpaired) electrons. The third-order valence-corrected chi connectivity index (χ3v) is 5.12. The van der Waals surface area contributed by atoms with Crippen molar-refractivity contribution in [2.75, 3.05) is 0 Å². The molecule has 9 N–H and O–H groups in total. The normalized spacial score (nSPS) is 15.2. The lowest BCUT2D eigenvalue weighted by molar-refractivity contribution is -0.147. The molecule has 0 aliphatic heterocycles. The maximum Gasteiger partial charge on any atom is 0.326 e. The number of nitrogens with two attached hydrogens (primary N) is 1. The molecule has 5 unspecified atom stereocenters. The molecule has 5 atom stereocenters. The summed E-state index contributed by atoms with van der Waals surface area (Å²) in [6.45, 7) is 4.74. The monoisotopic (exact) mass is 510 g/mol. The number of aliphatic hydroxyl groups excluding tert-OH is 1. The molecule has 0 spiro atoms. The van der Waals surface area contributed by atoms with Crippen molar-refractivity contribution in [2.24, 2.45) is 11.7 Å². The van der Waals surface area contributed by atoms with Crippen LogP contribution in [-0.4, -0.2) is 80.4 Å². The molecule has 13 nitrogen and oxygen atoms in total. The van der Waals surface area contributed by atoms with Gasteiger partial charge in [-0.15, -0.1) is 0 Å². The molecule has 1 rings (SSSR count). The van der Waals surface area contributed by atoms with Crippen LogP contribution in [-0.2, 0) is 30.4 Å². The SMILES string of the molecule is CC(C)CC(NC(=O)C(NC(=O)C(N)Cc1ccc(O)cc1)C(C)O)C(=O)NC(CC(=O)O)C(=O)O. The Morgan fingerprint density at radius 3 is 1.89 bits per heavy atom. The summed E-state index contributed by atoms with van der Waals surface area (Å²) in [4.78, 5) is 60.4. The van der Waals surface area contributed by atoms with Crippen LogP contribution < -0.4 is 21.7 Å². The van der Waals surface area contributed by atoms with Gasteiger partial charge in [-0.05, 0) is 43.4 Å². The number of carboxylic acids is 2. The van der Waals surface area contributed by atoms with Gasteiger partial charge in [0.2, 0.25) is 17.7 Å². The molecule has 0 fully saturated rings. The second-order valence-electron chi connectivity index (χ2n) is 8.89. The first-order valence-corrected chi connectivity index (χ1v) is 11.3. The summed E-state index contributed by atoms with van der Waals surface area (Å²) in [5.74, 6) is -5.68. The van der Waals surface area contributed by atoms with Gasteiger partial charge in [0.15, 0.2) is 0 Å². The van der Waals surface area contributed by atoms with Gasteiger partial charge in [0.05, 0.1) is 18.6 Å². The van der Waals surface area contributed by atoms with E-state index in [4.69, 9.17) is 10.8 Å². The molecule has 36 heavy (non-hydrogen) atoms. The molecular weight excluding hydrogens is 476 g/mol. The van der Waals surface area contributed by atoms with Crippen molar-refractivity contribution in [3.63, 3.8) is 0 Å². The minimum atomic E-state index is -1.72. The number of carbonyl (C=O) groups is 5. The van der Waals surface area contributed by atoms with Crippen molar-refractivity contribution in [3.8, 4) is 5.75 Å². The van der Waals surface area contributed by atoms with E-state index in [9.17, 15) is 39.3 Å². The van der Waals surface area contributed by atoms with Gasteiger partial charge in [0.1, 0.15) is 23.9 Å². The minimum absolute atomic E-state index is 0.0419. The van der Waals surface area contributed by atoms with Gasteiger partial charge in [-0.3, -0.25) is 19.2 Å². The second-order valence-corrected chi connectivity index (χ2v) is 8.89. The zero-order valence-electron chi connectivity index (χ0n) is 20.3. The number of amides is 3. The number of hydrogen-bond donors (Lipinski definition) is 8. The molecule has 1 aromatic carbocycles. The van der Waals surface area contributed by atoms with E-state index in [2.05, 4.69) is 16.0 Å². The fourth-order valence-corrected chi connectivity index (χ4v) is 3.26. The number of phenols is 1. The highest BCUT2D eigenvalue weighted by atomic mass is 16.4. The summed E-state index contributed by atoms with van der Waals surface area (Å²) in [5.41, 5.74) is 6.57. The van der Waals surface area contributed by atoms with Crippen molar-refractivity contribution in [1.82, 2.24) is 16.0 Å². The Morgan fingerprint density at radius 1 is 0.861 bits per heavy atom. The quantitative estimate of drug-likeness (QED) is 0.147. The number of phenolic OH excluding ortho intramolecular Hbond substituents is 1. The Hall–Kier alpha value is -3.71. The van der Waals surface area contributed by atoms with Gasteiger partial charge in [-0.25, -0.2) is 4.79 Å². The number of rotatable bonds is 14. The lowest BCUT2D eigenvalue weighted by Crippen LogP contribution is -2.60. The summed E-state index contributed by atoms with van der Waals surface area (Å²) >= 11 is 0. The average molecular weight is 511 g/mol. The van der Waals surface area contributed by atoms with E-state index in [0.717, 1.165) is 0 Å². The Morgan fingerprint density at radius 2 is 1.42 bits per heavy atom. The molecule has 200 valence electrons. The van der Waals surface area contributed by atoms with E-state index in [-0.39, 0.29) is 24.5 Å². The summed E-state index contributed by atoms with van der Waals surface area (Å²) in [6.07, 6.45) is -2.10. The number of aliphatic hydroxyl groups is 1. The minimum Gasteiger partial charge on any atom is -0.508 e. The van der Waals surface area contributed by atoms with Crippen molar-refractivity contribution < 1.29 is 44.4 Å². The molecule has 13 heteroatoms. The van der Waals surface area contributed by atoms with Gasteiger partial charge in [-0.2, -0.15) is 0 Å². The van der Waals surface area contributed by atoms with Crippen LogP contribution in [0.2, 0.25) is 0 Å². The topological polar surface area (TPSA) is 228 Å². The highest BCUT2D eigenvalue weighted by Crippen LogP contribution is 2.11. The molecule has 0 heterocycles. The molecule has 0 aliphatic rings. The molecule has 0 aliphatic carbocycles. The number of aromatic hydroxyl groups is 1. The smallest absolute Gasteiger partial charge is 0.326 e. The van der Waals surface area contributed by atoms with E-state index < -0.39 is 66.4 Å². The van der Waals surface area contributed by atoms with Gasteiger partial charge >= 0.3 is 11.9 Å². The second kappa shape index (κ2) is 14.0. The number of carbonyl (C=O) groups excluding carboxylic acids is 3. The zero-order chi connectivity index (χ0) is 27.6. The van der Waals surface area contributed by atoms with Gasteiger partial charge in [-0.1, -0.05) is 26.0 Å². The van der Waals surface area contributed by atoms with Gasteiger partial charge < -0.3 is 42.1 Å². The maximum absolute atomic E-state index is 12.9. The van der Waals surface area contributed by atoms with E-state index >= 15 is 0 Å². The van der Waals surface area contributed by atoms with Crippen molar-refractivity contribution in [2.45, 2.75) is 70.3 Å². The molecule has 0 aromatic heterocycles. The van der Waals surface area contributed by atoms with E-state index in [1.54, 1.807) is 26.0 Å². The zero-order valence-corrected chi connectivity index (χ0v) is 20.3. The predicted octanol–water partition coefficient (Wildman–Crippen LogP) is -1.30. The Kier molecular flexibility index (Phi) is 11.8. The fraction of sp³-hybridized carbons (Fsp3) is 0.522. The van der Waals surface area contributed by atoms with E-state index in [0.29, 0.717) is 5.56 Å². The Bertz CT molecular complexity index is 934. The van der Waals surface area contributed by atoms with Gasteiger partial charge in [0.25, 0.3) is 0 Å². The lowest BCUT2D eigenvalue weighted by Gasteiger charge is -2.27. The number of carboxylic acid groups (broad SMARTS) is 2. The number of hydrogen-bond acceptors (Lipinski definition) is 8. The average Bonchev–Trinajstić information content (AvgIpc) is 2.76. The van der Waals surface area contributed by atoms with Crippen LogP contribution in [0.4, 0.5) is 0 Å². The lowest BCUT2D eigenvalue weighted by atomic mass is 10.0. The molecule has 0 saturated heterocycles. The van der Waals surface area contributed by atoms with Crippen molar-refractivity contribution in [3.05, 3.63) is 29.8 Å². The van der Waals surface area contributed by atoms with Crippen LogP contribution >= 0.6 is 0 Å². The molecule has 3 amide bonds. The van der Waals surface area contributed by atoms with E-state index in [1.165, 1.54) is 19.1 Å². The first-order chi connectivity index (χ1) is 16.7. The third-order valence-electron chi connectivity index (χ3n) is 5.12. The molecular formula is C23H34N4O9.